The first-order valence-corrected chi connectivity index (χ1v) is 8.25. The number of pyridine rings is 1. The number of H-pyrrole nitrogens is 1. The number of carbonyl (C=O) groups is 1. The molecule has 2 aromatic heterocycles. The Balaban J connectivity index is 1.49. The molecule has 4 rings (SSSR count). The van der Waals surface area contributed by atoms with Crippen molar-refractivity contribution in [3.63, 3.8) is 0 Å². The first-order valence-electron chi connectivity index (χ1n) is 8.25. The van der Waals surface area contributed by atoms with Crippen LogP contribution in [0.1, 0.15) is 40.4 Å². The molecule has 0 saturated heterocycles. The molecule has 0 aliphatic heterocycles. The van der Waals surface area contributed by atoms with Crippen LogP contribution in [0.3, 0.4) is 0 Å². The Morgan fingerprint density at radius 1 is 1.20 bits per heavy atom. The van der Waals surface area contributed by atoms with Crippen molar-refractivity contribution in [1.82, 2.24) is 15.2 Å². The number of benzene rings is 1. The molecule has 2 heterocycles. The van der Waals surface area contributed by atoms with Gasteiger partial charge < -0.3 is 10.1 Å². The third kappa shape index (κ3) is 3.38. The van der Waals surface area contributed by atoms with Gasteiger partial charge in [-0.3, -0.25) is 14.9 Å². The third-order valence-corrected chi connectivity index (χ3v) is 4.25. The number of aromatic amines is 1. The number of hydrogen-bond donors (Lipinski definition) is 2. The second kappa shape index (κ2) is 6.39. The van der Waals surface area contributed by atoms with Crippen LogP contribution in [0.15, 0.2) is 48.8 Å². The summed E-state index contributed by atoms with van der Waals surface area (Å²) in [5.74, 6) is 2.21. The highest BCUT2D eigenvalue weighted by atomic mass is 16.5. The van der Waals surface area contributed by atoms with Crippen LogP contribution in [0.4, 0.5) is 5.82 Å². The molecule has 1 amide bonds. The van der Waals surface area contributed by atoms with Crippen molar-refractivity contribution in [1.29, 1.82) is 0 Å². The van der Waals surface area contributed by atoms with E-state index in [0.717, 1.165) is 11.3 Å². The molecule has 25 heavy (non-hydrogen) atoms. The van der Waals surface area contributed by atoms with Crippen LogP contribution in [0.25, 0.3) is 0 Å². The Morgan fingerprint density at radius 2 is 2.00 bits per heavy atom. The minimum Gasteiger partial charge on any atom is -0.457 e. The highest BCUT2D eigenvalue weighted by molar-refractivity contribution is 6.04. The molecule has 6 nitrogen and oxygen atoms in total. The fourth-order valence-corrected chi connectivity index (χ4v) is 2.73. The summed E-state index contributed by atoms with van der Waals surface area (Å²) in [6.07, 6.45) is 5.68. The summed E-state index contributed by atoms with van der Waals surface area (Å²) in [5, 5.41) is 10.2. The molecule has 1 aromatic carbocycles. The van der Waals surface area contributed by atoms with Crippen LogP contribution >= 0.6 is 0 Å². The molecule has 0 unspecified atom stereocenters. The molecular formula is C19H18N4O2. The van der Waals surface area contributed by atoms with Gasteiger partial charge in [-0.25, -0.2) is 0 Å². The van der Waals surface area contributed by atoms with Crippen molar-refractivity contribution in [3.05, 3.63) is 65.6 Å². The van der Waals surface area contributed by atoms with Crippen molar-refractivity contribution < 1.29 is 9.53 Å². The number of carbonyl (C=O) groups excluding carboxylic acids is 1. The second-order valence-corrected chi connectivity index (χ2v) is 6.15. The zero-order valence-electron chi connectivity index (χ0n) is 13.8. The van der Waals surface area contributed by atoms with E-state index in [1.807, 2.05) is 13.0 Å². The molecule has 3 aromatic rings. The van der Waals surface area contributed by atoms with E-state index >= 15 is 0 Å². The predicted octanol–water partition coefficient (Wildman–Crippen LogP) is 4.04. The number of nitrogens with one attached hydrogen (secondary N) is 2. The van der Waals surface area contributed by atoms with Gasteiger partial charge in [0.05, 0.1) is 0 Å². The standard InChI is InChI=1S/C19H18N4O2/c1-12-17(13-5-6-13)22-23-18(12)21-19(24)14-3-2-4-16(11-14)25-15-7-9-20-10-8-15/h2-4,7-11,13H,5-6H2,1H3,(H2,21,22,23,24). The summed E-state index contributed by atoms with van der Waals surface area (Å²) in [4.78, 5) is 16.5. The number of amides is 1. The van der Waals surface area contributed by atoms with E-state index < -0.39 is 0 Å². The van der Waals surface area contributed by atoms with Gasteiger partial charge in [-0.05, 0) is 50.1 Å². The first kappa shape index (κ1) is 15.4. The zero-order chi connectivity index (χ0) is 17.2. The van der Waals surface area contributed by atoms with Crippen molar-refractivity contribution in [2.24, 2.45) is 0 Å². The van der Waals surface area contributed by atoms with Gasteiger partial charge >= 0.3 is 0 Å². The predicted molar refractivity (Wildman–Crippen MR) is 94.0 cm³/mol. The molecular weight excluding hydrogens is 316 g/mol. The average molecular weight is 334 g/mol. The zero-order valence-corrected chi connectivity index (χ0v) is 13.8. The third-order valence-electron chi connectivity index (χ3n) is 4.25. The Kier molecular flexibility index (Phi) is 3.93. The van der Waals surface area contributed by atoms with Gasteiger partial charge in [-0.2, -0.15) is 5.10 Å². The summed E-state index contributed by atoms with van der Waals surface area (Å²) in [6.45, 7) is 1.98. The fraction of sp³-hybridized carbons (Fsp3) is 0.211. The molecule has 0 spiro atoms. The molecule has 126 valence electrons. The fourth-order valence-electron chi connectivity index (χ4n) is 2.73. The van der Waals surface area contributed by atoms with Crippen LogP contribution in [0, 0.1) is 6.92 Å². The topological polar surface area (TPSA) is 79.9 Å². The molecule has 1 saturated carbocycles. The van der Waals surface area contributed by atoms with Crippen LogP contribution in [0.5, 0.6) is 11.5 Å². The maximum atomic E-state index is 12.5. The molecule has 6 heteroatoms. The van der Waals surface area contributed by atoms with Crippen LogP contribution in [-0.4, -0.2) is 21.1 Å². The smallest absolute Gasteiger partial charge is 0.257 e. The highest BCUT2D eigenvalue weighted by Crippen LogP contribution is 2.41. The molecule has 2 N–H and O–H groups in total. The Labute approximate surface area is 145 Å². The summed E-state index contributed by atoms with van der Waals surface area (Å²) < 4.78 is 5.75. The Morgan fingerprint density at radius 3 is 2.76 bits per heavy atom. The van der Waals surface area contributed by atoms with Crippen molar-refractivity contribution in [3.8, 4) is 11.5 Å². The summed E-state index contributed by atoms with van der Waals surface area (Å²) >= 11 is 0. The number of nitrogens with zero attached hydrogens (tertiary/aromatic N) is 2. The van der Waals surface area contributed by atoms with Crippen LogP contribution < -0.4 is 10.1 Å². The minimum absolute atomic E-state index is 0.211. The molecule has 1 aliphatic carbocycles. The monoisotopic (exact) mass is 334 g/mol. The molecule has 0 radical (unpaired) electrons. The lowest BCUT2D eigenvalue weighted by Gasteiger charge is -2.08. The van der Waals surface area contributed by atoms with E-state index in [1.165, 1.54) is 12.8 Å². The van der Waals surface area contributed by atoms with Gasteiger partial charge in [0.2, 0.25) is 0 Å². The first-order chi connectivity index (χ1) is 12.2. The normalized spacial score (nSPS) is 13.5. The van der Waals surface area contributed by atoms with Gasteiger partial charge in [0.25, 0.3) is 5.91 Å². The Bertz CT molecular complexity index is 901. The van der Waals surface area contributed by atoms with Gasteiger partial charge in [0.15, 0.2) is 5.82 Å². The SMILES string of the molecule is Cc1c(NC(=O)c2cccc(Oc3ccncc3)c2)n[nH]c1C1CC1. The number of anilines is 1. The summed E-state index contributed by atoms with van der Waals surface area (Å²) in [7, 11) is 0. The van der Waals surface area contributed by atoms with Gasteiger partial charge in [0.1, 0.15) is 11.5 Å². The van der Waals surface area contributed by atoms with Gasteiger partial charge in [0, 0.05) is 35.1 Å². The van der Waals surface area contributed by atoms with Crippen molar-refractivity contribution >= 4 is 11.7 Å². The number of ether oxygens (including phenoxy) is 1. The van der Waals surface area contributed by atoms with E-state index in [9.17, 15) is 4.79 Å². The maximum absolute atomic E-state index is 12.5. The highest BCUT2D eigenvalue weighted by Gasteiger charge is 2.28. The van der Waals surface area contributed by atoms with E-state index in [1.54, 1.807) is 42.7 Å². The second-order valence-electron chi connectivity index (χ2n) is 6.15. The molecule has 0 bridgehead atoms. The van der Waals surface area contributed by atoms with Gasteiger partial charge in [-0.15, -0.1) is 0 Å². The van der Waals surface area contributed by atoms with Crippen LogP contribution in [-0.2, 0) is 0 Å². The van der Waals surface area contributed by atoms with E-state index in [2.05, 4.69) is 20.5 Å². The van der Waals surface area contributed by atoms with E-state index in [-0.39, 0.29) is 5.91 Å². The molecule has 0 atom stereocenters. The maximum Gasteiger partial charge on any atom is 0.257 e. The number of hydrogen-bond acceptors (Lipinski definition) is 4. The van der Waals surface area contributed by atoms with Crippen molar-refractivity contribution in [2.75, 3.05) is 5.32 Å². The lowest BCUT2D eigenvalue weighted by molar-refractivity contribution is 0.102. The summed E-state index contributed by atoms with van der Waals surface area (Å²) in [5.41, 5.74) is 2.66. The largest absolute Gasteiger partial charge is 0.457 e. The minimum atomic E-state index is -0.211. The number of rotatable bonds is 5. The van der Waals surface area contributed by atoms with E-state index in [0.29, 0.717) is 28.8 Å². The van der Waals surface area contributed by atoms with Crippen molar-refractivity contribution in [2.45, 2.75) is 25.7 Å². The quantitative estimate of drug-likeness (QED) is 0.738. The summed E-state index contributed by atoms with van der Waals surface area (Å²) in [6, 6.07) is 10.6. The average Bonchev–Trinajstić information content (AvgIpc) is 3.41. The van der Waals surface area contributed by atoms with Crippen LogP contribution in [0.2, 0.25) is 0 Å². The van der Waals surface area contributed by atoms with E-state index in [4.69, 9.17) is 4.74 Å². The molecule has 1 fully saturated rings. The Hall–Kier alpha value is -3.15. The lowest BCUT2D eigenvalue weighted by atomic mass is 10.1. The number of aromatic nitrogens is 3. The van der Waals surface area contributed by atoms with Gasteiger partial charge in [-0.1, -0.05) is 6.07 Å². The molecule has 1 aliphatic rings. The lowest BCUT2D eigenvalue weighted by Crippen LogP contribution is -2.13.